The summed E-state index contributed by atoms with van der Waals surface area (Å²) in [5.41, 5.74) is 6.11. The molecule has 1 aromatic carbocycles. The standard InChI is InChI=1S/C14H19N5/c1-9-5-10(2)7-12(6-9)19(4)14-8-13(18-15)16-11(3)17-14/h5-8H,15H2,1-4H3,(H,16,17,18). The predicted molar refractivity (Wildman–Crippen MR) is 78.6 cm³/mol. The highest BCUT2D eigenvalue weighted by Crippen LogP contribution is 2.25. The van der Waals surface area contributed by atoms with Gasteiger partial charge in [0.25, 0.3) is 0 Å². The van der Waals surface area contributed by atoms with Crippen molar-refractivity contribution in [1.82, 2.24) is 9.97 Å². The van der Waals surface area contributed by atoms with Crippen LogP contribution in [0.25, 0.3) is 0 Å². The summed E-state index contributed by atoms with van der Waals surface area (Å²) in [5.74, 6) is 7.52. The Kier molecular flexibility index (Phi) is 3.66. The van der Waals surface area contributed by atoms with E-state index in [0.717, 1.165) is 11.5 Å². The zero-order chi connectivity index (χ0) is 14.0. The summed E-state index contributed by atoms with van der Waals surface area (Å²) in [6.07, 6.45) is 0. The molecule has 0 spiro atoms. The number of hydrogen-bond acceptors (Lipinski definition) is 5. The molecule has 0 atom stereocenters. The van der Waals surface area contributed by atoms with Crippen LogP contribution in [-0.2, 0) is 0 Å². The zero-order valence-electron chi connectivity index (χ0n) is 11.7. The maximum Gasteiger partial charge on any atom is 0.145 e. The first-order chi connectivity index (χ1) is 8.99. The molecule has 3 N–H and O–H groups in total. The molecule has 0 amide bonds. The van der Waals surface area contributed by atoms with Gasteiger partial charge in [-0.15, -0.1) is 0 Å². The largest absolute Gasteiger partial charge is 0.329 e. The number of aryl methyl sites for hydroxylation is 3. The highest BCUT2D eigenvalue weighted by atomic mass is 15.3. The van der Waals surface area contributed by atoms with Crippen molar-refractivity contribution in [2.75, 3.05) is 17.4 Å². The Labute approximate surface area is 113 Å². The molecule has 5 heteroatoms. The van der Waals surface area contributed by atoms with Crippen LogP contribution >= 0.6 is 0 Å². The molecule has 1 heterocycles. The monoisotopic (exact) mass is 257 g/mol. The summed E-state index contributed by atoms with van der Waals surface area (Å²) in [6, 6.07) is 8.22. The smallest absolute Gasteiger partial charge is 0.145 e. The van der Waals surface area contributed by atoms with Crippen molar-refractivity contribution < 1.29 is 0 Å². The average molecular weight is 257 g/mol. The third kappa shape index (κ3) is 3.00. The number of nitrogen functional groups attached to an aromatic ring is 1. The van der Waals surface area contributed by atoms with Crippen molar-refractivity contribution in [3.05, 3.63) is 41.2 Å². The lowest BCUT2D eigenvalue weighted by molar-refractivity contribution is 1.01. The summed E-state index contributed by atoms with van der Waals surface area (Å²) in [5, 5.41) is 0. The Morgan fingerprint density at radius 1 is 1.00 bits per heavy atom. The van der Waals surface area contributed by atoms with Gasteiger partial charge in [0.15, 0.2) is 0 Å². The molecule has 0 aliphatic rings. The number of nitrogens with one attached hydrogen (secondary N) is 1. The van der Waals surface area contributed by atoms with Crippen molar-refractivity contribution in [2.45, 2.75) is 20.8 Å². The fourth-order valence-electron chi connectivity index (χ4n) is 2.07. The summed E-state index contributed by atoms with van der Waals surface area (Å²) >= 11 is 0. The van der Waals surface area contributed by atoms with Crippen LogP contribution in [0, 0.1) is 20.8 Å². The second kappa shape index (κ2) is 5.24. The lowest BCUT2D eigenvalue weighted by Crippen LogP contribution is -2.15. The van der Waals surface area contributed by atoms with E-state index in [4.69, 9.17) is 5.84 Å². The zero-order valence-corrected chi connectivity index (χ0v) is 11.7. The number of anilines is 3. The summed E-state index contributed by atoms with van der Waals surface area (Å²) in [6.45, 7) is 6.02. The second-order valence-electron chi connectivity index (χ2n) is 4.71. The number of benzene rings is 1. The van der Waals surface area contributed by atoms with Gasteiger partial charge in [-0.05, 0) is 44.0 Å². The van der Waals surface area contributed by atoms with Crippen LogP contribution in [0.15, 0.2) is 24.3 Å². The third-order valence-corrected chi connectivity index (χ3v) is 2.91. The molecule has 0 aliphatic carbocycles. The van der Waals surface area contributed by atoms with Crippen molar-refractivity contribution in [1.29, 1.82) is 0 Å². The highest BCUT2D eigenvalue weighted by molar-refractivity contribution is 5.63. The normalized spacial score (nSPS) is 10.4. The van der Waals surface area contributed by atoms with Gasteiger partial charge >= 0.3 is 0 Å². The van der Waals surface area contributed by atoms with Crippen molar-refractivity contribution in [3.63, 3.8) is 0 Å². The summed E-state index contributed by atoms with van der Waals surface area (Å²) < 4.78 is 0. The first-order valence-corrected chi connectivity index (χ1v) is 6.14. The first kappa shape index (κ1) is 13.3. The molecule has 1 aromatic heterocycles. The van der Waals surface area contributed by atoms with Gasteiger partial charge in [-0.2, -0.15) is 0 Å². The molecule has 0 saturated heterocycles. The van der Waals surface area contributed by atoms with Crippen LogP contribution in [0.2, 0.25) is 0 Å². The van der Waals surface area contributed by atoms with E-state index >= 15 is 0 Å². The molecule has 2 rings (SSSR count). The van der Waals surface area contributed by atoms with E-state index in [0.29, 0.717) is 11.6 Å². The van der Waals surface area contributed by atoms with E-state index in [1.54, 1.807) is 0 Å². The minimum atomic E-state index is 0.610. The van der Waals surface area contributed by atoms with Gasteiger partial charge in [0.2, 0.25) is 0 Å². The lowest BCUT2D eigenvalue weighted by atomic mass is 10.1. The third-order valence-electron chi connectivity index (χ3n) is 2.91. The molecule has 0 radical (unpaired) electrons. The van der Waals surface area contributed by atoms with Crippen molar-refractivity contribution >= 4 is 17.3 Å². The lowest BCUT2D eigenvalue weighted by Gasteiger charge is -2.20. The van der Waals surface area contributed by atoms with E-state index in [2.05, 4.69) is 47.4 Å². The van der Waals surface area contributed by atoms with Crippen LogP contribution in [0.1, 0.15) is 17.0 Å². The Hall–Kier alpha value is -2.14. The van der Waals surface area contributed by atoms with Crippen LogP contribution in [0.4, 0.5) is 17.3 Å². The molecule has 19 heavy (non-hydrogen) atoms. The molecule has 0 saturated carbocycles. The van der Waals surface area contributed by atoms with E-state index in [-0.39, 0.29) is 0 Å². The predicted octanol–water partition coefficient (Wildman–Crippen LogP) is 2.46. The Morgan fingerprint density at radius 2 is 1.63 bits per heavy atom. The maximum absolute atomic E-state index is 5.42. The van der Waals surface area contributed by atoms with E-state index in [1.165, 1.54) is 11.1 Å². The minimum absolute atomic E-state index is 0.610. The Bertz CT molecular complexity index is 574. The van der Waals surface area contributed by atoms with Crippen LogP contribution in [0.5, 0.6) is 0 Å². The molecule has 0 bridgehead atoms. The van der Waals surface area contributed by atoms with Crippen LogP contribution in [-0.4, -0.2) is 17.0 Å². The molecule has 0 unspecified atom stereocenters. The molecular formula is C14H19N5. The van der Waals surface area contributed by atoms with Crippen molar-refractivity contribution in [2.24, 2.45) is 5.84 Å². The van der Waals surface area contributed by atoms with E-state index < -0.39 is 0 Å². The molecule has 100 valence electrons. The Morgan fingerprint density at radius 3 is 2.21 bits per heavy atom. The molecule has 2 aromatic rings. The van der Waals surface area contributed by atoms with E-state index in [1.807, 2.05) is 24.9 Å². The van der Waals surface area contributed by atoms with Gasteiger partial charge in [-0.25, -0.2) is 15.8 Å². The number of aromatic nitrogens is 2. The number of rotatable bonds is 3. The van der Waals surface area contributed by atoms with E-state index in [9.17, 15) is 0 Å². The Balaban J connectivity index is 2.43. The van der Waals surface area contributed by atoms with Crippen LogP contribution < -0.4 is 16.2 Å². The van der Waals surface area contributed by atoms with Gasteiger partial charge in [-0.3, -0.25) is 0 Å². The van der Waals surface area contributed by atoms with Gasteiger partial charge < -0.3 is 10.3 Å². The minimum Gasteiger partial charge on any atom is -0.329 e. The van der Waals surface area contributed by atoms with Gasteiger partial charge in [0.1, 0.15) is 17.5 Å². The summed E-state index contributed by atoms with van der Waals surface area (Å²) in [4.78, 5) is 10.6. The molecule has 5 nitrogen and oxygen atoms in total. The number of nitrogens with zero attached hydrogens (tertiary/aromatic N) is 3. The average Bonchev–Trinajstić information content (AvgIpc) is 2.35. The fourth-order valence-corrected chi connectivity index (χ4v) is 2.07. The highest BCUT2D eigenvalue weighted by Gasteiger charge is 2.09. The topological polar surface area (TPSA) is 67.1 Å². The SMILES string of the molecule is Cc1cc(C)cc(N(C)c2cc(NN)nc(C)n2)c1. The summed E-state index contributed by atoms with van der Waals surface area (Å²) in [7, 11) is 1.98. The second-order valence-corrected chi connectivity index (χ2v) is 4.71. The van der Waals surface area contributed by atoms with Gasteiger partial charge in [0.05, 0.1) is 0 Å². The molecule has 0 aliphatic heterocycles. The van der Waals surface area contributed by atoms with Crippen molar-refractivity contribution in [3.8, 4) is 0 Å². The number of nitrogens with two attached hydrogens (primary N) is 1. The number of hydrogen-bond donors (Lipinski definition) is 2. The maximum atomic E-state index is 5.42. The quantitative estimate of drug-likeness (QED) is 0.653. The van der Waals surface area contributed by atoms with Crippen LogP contribution in [0.3, 0.4) is 0 Å². The first-order valence-electron chi connectivity index (χ1n) is 6.14. The van der Waals surface area contributed by atoms with Gasteiger partial charge in [0, 0.05) is 18.8 Å². The number of hydrazine groups is 1. The molecular weight excluding hydrogens is 238 g/mol. The molecule has 0 fully saturated rings. The van der Waals surface area contributed by atoms with Gasteiger partial charge in [-0.1, -0.05) is 6.07 Å². The fraction of sp³-hybridized carbons (Fsp3) is 0.286.